The molecule has 0 saturated carbocycles. The number of sulfonamides is 1. The fraction of sp³-hybridized carbons (Fsp3) is 0.105. The highest BCUT2D eigenvalue weighted by Crippen LogP contribution is 2.36. The van der Waals surface area contributed by atoms with E-state index in [2.05, 4.69) is 10.0 Å². The third-order valence-electron chi connectivity index (χ3n) is 4.29. The minimum absolute atomic E-state index is 0.133. The van der Waals surface area contributed by atoms with Gasteiger partial charge in [0.1, 0.15) is 5.75 Å². The van der Waals surface area contributed by atoms with Gasteiger partial charge in [-0.15, -0.1) is 0 Å². The molecule has 0 atom stereocenters. The fourth-order valence-corrected chi connectivity index (χ4v) is 4.50. The Bertz CT molecular complexity index is 1350. The number of fused-ring (bicyclic) bond motifs is 1. The first-order valence-electron chi connectivity index (χ1n) is 8.68. The number of aromatic hydroxyl groups is 1. The Labute approximate surface area is 173 Å². The maximum absolute atomic E-state index is 12.8. The molecule has 4 N–H and O–H groups in total. The molecule has 3 aromatic rings. The van der Waals surface area contributed by atoms with Gasteiger partial charge in [-0.1, -0.05) is 25.1 Å². The lowest BCUT2D eigenvalue weighted by Crippen LogP contribution is -2.14. The second-order valence-electron chi connectivity index (χ2n) is 6.32. The number of hydrogen-bond acceptors (Lipinski definition) is 6. The van der Waals surface area contributed by atoms with E-state index in [9.17, 15) is 26.7 Å². The molecule has 0 radical (unpaired) electrons. The molecule has 3 aromatic carbocycles. The van der Waals surface area contributed by atoms with Crippen molar-refractivity contribution in [2.45, 2.75) is 23.1 Å². The highest BCUT2D eigenvalue weighted by atomic mass is 32.2. The van der Waals surface area contributed by atoms with E-state index >= 15 is 0 Å². The van der Waals surface area contributed by atoms with Crippen molar-refractivity contribution < 1.29 is 31.3 Å². The van der Waals surface area contributed by atoms with Gasteiger partial charge in [-0.25, -0.2) is 8.42 Å². The maximum atomic E-state index is 12.8. The number of benzene rings is 3. The van der Waals surface area contributed by atoms with Gasteiger partial charge in [0.25, 0.3) is 20.1 Å². The van der Waals surface area contributed by atoms with E-state index < -0.39 is 25.0 Å². The summed E-state index contributed by atoms with van der Waals surface area (Å²) in [6, 6.07) is 11.8. The zero-order chi connectivity index (χ0) is 22.1. The van der Waals surface area contributed by atoms with Gasteiger partial charge in [0.2, 0.25) is 5.91 Å². The third-order valence-corrected chi connectivity index (χ3v) is 6.50. The minimum atomic E-state index is -4.58. The Morgan fingerprint density at radius 2 is 1.57 bits per heavy atom. The summed E-state index contributed by atoms with van der Waals surface area (Å²) in [5.41, 5.74) is 0.323. The fourth-order valence-electron chi connectivity index (χ4n) is 2.78. The summed E-state index contributed by atoms with van der Waals surface area (Å²) < 4.78 is 59.6. The van der Waals surface area contributed by atoms with E-state index in [1.165, 1.54) is 36.4 Å². The van der Waals surface area contributed by atoms with Gasteiger partial charge in [0, 0.05) is 17.2 Å². The average molecular weight is 450 g/mol. The maximum Gasteiger partial charge on any atom is 0.294 e. The molecule has 3 rings (SSSR count). The normalized spacial score (nSPS) is 11.9. The van der Waals surface area contributed by atoms with Crippen molar-refractivity contribution >= 4 is 48.2 Å². The van der Waals surface area contributed by atoms with Gasteiger partial charge < -0.3 is 10.4 Å². The van der Waals surface area contributed by atoms with Crippen LogP contribution in [0.1, 0.15) is 13.3 Å². The smallest absolute Gasteiger partial charge is 0.294 e. The quantitative estimate of drug-likeness (QED) is 0.333. The molecule has 1 amide bonds. The zero-order valence-electron chi connectivity index (χ0n) is 15.7. The molecule has 0 unspecified atom stereocenters. The SMILES string of the molecule is CCC(=O)Nc1ccc2c(NS(=O)(=O)c3cccc(S(=O)(=O)O)c3)cccc2c1O. The van der Waals surface area contributed by atoms with Crippen molar-refractivity contribution in [3.8, 4) is 5.75 Å². The van der Waals surface area contributed by atoms with Crippen LogP contribution in [-0.4, -0.2) is 32.4 Å². The Morgan fingerprint density at radius 3 is 2.23 bits per heavy atom. The number of nitrogens with one attached hydrogen (secondary N) is 2. The third kappa shape index (κ3) is 4.37. The second kappa shape index (κ2) is 7.94. The lowest BCUT2D eigenvalue weighted by molar-refractivity contribution is -0.115. The first-order chi connectivity index (χ1) is 14.0. The van der Waals surface area contributed by atoms with Crippen LogP contribution in [0.4, 0.5) is 11.4 Å². The van der Waals surface area contributed by atoms with Crippen molar-refractivity contribution in [3.05, 3.63) is 54.6 Å². The van der Waals surface area contributed by atoms with E-state index in [0.29, 0.717) is 10.8 Å². The van der Waals surface area contributed by atoms with Crippen LogP contribution in [0.15, 0.2) is 64.4 Å². The van der Waals surface area contributed by atoms with E-state index in [-0.39, 0.29) is 34.3 Å². The van der Waals surface area contributed by atoms with Crippen molar-refractivity contribution in [2.24, 2.45) is 0 Å². The van der Waals surface area contributed by atoms with Crippen molar-refractivity contribution in [3.63, 3.8) is 0 Å². The molecule has 0 heterocycles. The van der Waals surface area contributed by atoms with Crippen LogP contribution in [0.5, 0.6) is 5.75 Å². The zero-order valence-corrected chi connectivity index (χ0v) is 17.3. The van der Waals surface area contributed by atoms with Crippen LogP contribution in [0.25, 0.3) is 10.8 Å². The summed E-state index contributed by atoms with van der Waals surface area (Å²) in [6.45, 7) is 1.66. The minimum Gasteiger partial charge on any atom is -0.505 e. The molecule has 0 fully saturated rings. The number of hydrogen-bond donors (Lipinski definition) is 4. The van der Waals surface area contributed by atoms with Crippen LogP contribution in [0, 0.1) is 0 Å². The summed E-state index contributed by atoms with van der Waals surface area (Å²) in [5, 5.41) is 13.7. The Balaban J connectivity index is 2.04. The van der Waals surface area contributed by atoms with Gasteiger partial charge in [-0.05, 0) is 36.4 Å². The second-order valence-corrected chi connectivity index (χ2v) is 9.42. The van der Waals surface area contributed by atoms with Crippen molar-refractivity contribution in [1.82, 2.24) is 0 Å². The molecular formula is C19H18N2O7S2. The molecule has 0 spiro atoms. The number of anilines is 2. The highest BCUT2D eigenvalue weighted by molar-refractivity contribution is 7.92. The molecule has 30 heavy (non-hydrogen) atoms. The summed E-state index contributed by atoms with van der Waals surface area (Å²) in [6.07, 6.45) is 0.222. The number of rotatable bonds is 6. The number of amides is 1. The average Bonchev–Trinajstić information content (AvgIpc) is 2.69. The van der Waals surface area contributed by atoms with Gasteiger partial charge >= 0.3 is 0 Å². The monoisotopic (exact) mass is 450 g/mol. The van der Waals surface area contributed by atoms with Crippen LogP contribution in [-0.2, 0) is 24.9 Å². The van der Waals surface area contributed by atoms with Gasteiger partial charge in [-0.3, -0.25) is 14.1 Å². The Morgan fingerprint density at radius 1 is 0.900 bits per heavy atom. The highest BCUT2D eigenvalue weighted by Gasteiger charge is 2.20. The molecular weight excluding hydrogens is 432 g/mol. The number of phenolic OH excluding ortho intramolecular Hbond substituents is 1. The molecule has 0 bridgehead atoms. The summed E-state index contributed by atoms with van der Waals surface area (Å²) in [4.78, 5) is 10.7. The number of phenols is 1. The summed E-state index contributed by atoms with van der Waals surface area (Å²) in [7, 11) is -8.79. The van der Waals surface area contributed by atoms with Gasteiger partial charge in [-0.2, -0.15) is 8.42 Å². The Hall–Kier alpha value is -3.15. The van der Waals surface area contributed by atoms with Crippen molar-refractivity contribution in [1.29, 1.82) is 0 Å². The lowest BCUT2D eigenvalue weighted by atomic mass is 10.1. The molecule has 0 aliphatic carbocycles. The van der Waals surface area contributed by atoms with E-state index in [4.69, 9.17) is 4.55 Å². The predicted octanol–water partition coefficient (Wildman–Crippen LogP) is 2.94. The predicted molar refractivity (Wildman–Crippen MR) is 112 cm³/mol. The van der Waals surface area contributed by atoms with Crippen LogP contribution in [0.2, 0.25) is 0 Å². The molecule has 9 nitrogen and oxygen atoms in total. The molecule has 0 aromatic heterocycles. The first-order valence-corrected chi connectivity index (χ1v) is 11.6. The standard InChI is InChI=1S/C19H18N2O7S2/c1-2-18(22)20-17-10-9-14-15(19(17)23)7-4-8-16(14)21-29(24,25)12-5-3-6-13(11-12)30(26,27)28/h3-11,21,23H,2H2,1H3,(H,20,22)(H,26,27,28). The van der Waals surface area contributed by atoms with Gasteiger partial charge in [0.15, 0.2) is 0 Å². The van der Waals surface area contributed by atoms with E-state index in [1.807, 2.05) is 0 Å². The van der Waals surface area contributed by atoms with Crippen LogP contribution < -0.4 is 10.0 Å². The van der Waals surface area contributed by atoms with Crippen molar-refractivity contribution in [2.75, 3.05) is 10.0 Å². The van der Waals surface area contributed by atoms with E-state index in [0.717, 1.165) is 12.1 Å². The summed E-state index contributed by atoms with van der Waals surface area (Å²) >= 11 is 0. The topological polar surface area (TPSA) is 150 Å². The lowest BCUT2D eigenvalue weighted by Gasteiger charge is -2.14. The summed E-state index contributed by atoms with van der Waals surface area (Å²) in [5.74, 6) is -0.510. The molecule has 0 aliphatic rings. The number of carbonyl (C=O) groups is 1. The molecule has 11 heteroatoms. The van der Waals surface area contributed by atoms with Crippen LogP contribution in [0.3, 0.4) is 0 Å². The van der Waals surface area contributed by atoms with E-state index in [1.54, 1.807) is 13.0 Å². The number of carbonyl (C=O) groups excluding carboxylic acids is 1. The van der Waals surface area contributed by atoms with Crippen LogP contribution >= 0.6 is 0 Å². The molecule has 158 valence electrons. The first kappa shape index (κ1) is 21.6. The largest absolute Gasteiger partial charge is 0.505 e. The molecule has 0 aliphatic heterocycles. The Kier molecular flexibility index (Phi) is 5.70. The van der Waals surface area contributed by atoms with Gasteiger partial charge in [0.05, 0.1) is 21.2 Å². The molecule has 0 saturated heterocycles.